The fraction of sp³-hybridized carbons (Fsp3) is 0.795. The van der Waals surface area contributed by atoms with E-state index in [2.05, 4.69) is 67.8 Å². The molecule has 0 rings (SSSR count). The Bertz CT molecular complexity index is 970. The molecule has 1 amide bonds. The molecule has 8 nitrogen and oxygen atoms in total. The number of phosphoric acid groups is 1. The second kappa shape index (κ2) is 40.1. The van der Waals surface area contributed by atoms with E-state index in [1.165, 1.54) is 89.9 Å². The van der Waals surface area contributed by atoms with Gasteiger partial charge >= 0.3 is 7.82 Å². The number of rotatable bonds is 40. The Morgan fingerprint density at radius 1 is 0.642 bits per heavy atom. The topological polar surface area (TPSA) is 131 Å². The molecule has 0 fully saturated rings. The Labute approximate surface area is 326 Å². The van der Waals surface area contributed by atoms with Gasteiger partial charge in [-0.05, 0) is 51.4 Å². The molecule has 0 saturated heterocycles. The summed E-state index contributed by atoms with van der Waals surface area (Å²) in [6.45, 7) is 4.08. The molecular formula is C44H83N2O6P. The summed E-state index contributed by atoms with van der Waals surface area (Å²) in [7, 11) is -4.32. The molecule has 0 aliphatic heterocycles. The van der Waals surface area contributed by atoms with Crippen molar-refractivity contribution in [3.05, 3.63) is 48.6 Å². The summed E-state index contributed by atoms with van der Waals surface area (Å²) < 4.78 is 22.2. The summed E-state index contributed by atoms with van der Waals surface area (Å²) in [6.07, 6.45) is 48.3. The SMILES string of the molecule is CC/C=C\C/C=C\C/C=C\C/C=C\CCCCCCC(=O)NC(COP(=O)(O)OCCN)C(O)CCCCCCCCCCCCCCCCCCC. The highest BCUT2D eigenvalue weighted by Gasteiger charge is 2.27. The van der Waals surface area contributed by atoms with Gasteiger partial charge in [0.2, 0.25) is 5.91 Å². The van der Waals surface area contributed by atoms with Crippen molar-refractivity contribution in [1.29, 1.82) is 0 Å². The van der Waals surface area contributed by atoms with Gasteiger partial charge in [0.1, 0.15) is 0 Å². The molecule has 0 heterocycles. The van der Waals surface area contributed by atoms with Gasteiger partial charge < -0.3 is 21.1 Å². The summed E-state index contributed by atoms with van der Waals surface area (Å²) in [5.41, 5.74) is 5.38. The van der Waals surface area contributed by atoms with E-state index in [9.17, 15) is 19.4 Å². The average molecular weight is 767 g/mol. The molecule has 53 heavy (non-hydrogen) atoms. The Morgan fingerprint density at radius 2 is 1.09 bits per heavy atom. The quantitative estimate of drug-likeness (QED) is 0.0277. The van der Waals surface area contributed by atoms with Crippen LogP contribution in [0.4, 0.5) is 0 Å². The van der Waals surface area contributed by atoms with E-state index in [0.29, 0.717) is 12.8 Å². The third-order valence-electron chi connectivity index (χ3n) is 9.45. The van der Waals surface area contributed by atoms with Crippen molar-refractivity contribution in [2.45, 2.75) is 206 Å². The monoisotopic (exact) mass is 767 g/mol. The van der Waals surface area contributed by atoms with E-state index in [4.69, 9.17) is 14.8 Å². The van der Waals surface area contributed by atoms with Crippen molar-refractivity contribution >= 4 is 13.7 Å². The lowest BCUT2D eigenvalue weighted by Gasteiger charge is -2.25. The van der Waals surface area contributed by atoms with Gasteiger partial charge in [0, 0.05) is 13.0 Å². The highest BCUT2D eigenvalue weighted by atomic mass is 31.2. The van der Waals surface area contributed by atoms with Crippen LogP contribution in [-0.4, -0.2) is 47.8 Å². The van der Waals surface area contributed by atoms with Gasteiger partial charge in [0.05, 0.1) is 25.4 Å². The van der Waals surface area contributed by atoms with Crippen LogP contribution in [0.25, 0.3) is 0 Å². The number of unbranched alkanes of at least 4 members (excludes halogenated alkanes) is 20. The molecule has 0 aliphatic carbocycles. The number of hydrogen-bond acceptors (Lipinski definition) is 6. The van der Waals surface area contributed by atoms with E-state index in [-0.39, 0.29) is 25.7 Å². The van der Waals surface area contributed by atoms with Crippen molar-refractivity contribution < 1.29 is 28.4 Å². The van der Waals surface area contributed by atoms with Crippen molar-refractivity contribution in [3.8, 4) is 0 Å². The number of hydrogen-bond donors (Lipinski definition) is 4. The highest BCUT2D eigenvalue weighted by molar-refractivity contribution is 7.47. The van der Waals surface area contributed by atoms with Crippen LogP contribution >= 0.6 is 7.82 Å². The predicted molar refractivity (Wildman–Crippen MR) is 226 cm³/mol. The first-order valence-electron chi connectivity index (χ1n) is 21.8. The van der Waals surface area contributed by atoms with Crippen LogP contribution in [0, 0.1) is 0 Å². The lowest BCUT2D eigenvalue weighted by atomic mass is 10.0. The van der Waals surface area contributed by atoms with E-state index >= 15 is 0 Å². The molecule has 3 unspecified atom stereocenters. The molecule has 0 spiro atoms. The number of allylic oxidation sites excluding steroid dienone is 8. The minimum absolute atomic E-state index is 0.0828. The van der Waals surface area contributed by atoms with Gasteiger partial charge in [-0.1, -0.05) is 184 Å². The number of aliphatic hydroxyl groups is 1. The lowest BCUT2D eigenvalue weighted by molar-refractivity contribution is -0.123. The zero-order chi connectivity index (χ0) is 38.9. The van der Waals surface area contributed by atoms with Crippen LogP contribution < -0.4 is 11.1 Å². The number of carbonyl (C=O) groups excluding carboxylic acids is 1. The number of aliphatic hydroxyl groups excluding tert-OH is 1. The van der Waals surface area contributed by atoms with E-state index in [0.717, 1.165) is 77.0 Å². The van der Waals surface area contributed by atoms with Crippen molar-refractivity contribution in [2.75, 3.05) is 19.8 Å². The van der Waals surface area contributed by atoms with Crippen LogP contribution in [0.3, 0.4) is 0 Å². The van der Waals surface area contributed by atoms with Crippen LogP contribution in [0.1, 0.15) is 194 Å². The Hall–Kier alpha value is -1.54. The molecule has 5 N–H and O–H groups in total. The fourth-order valence-corrected chi connectivity index (χ4v) is 6.95. The van der Waals surface area contributed by atoms with Gasteiger partial charge in [-0.2, -0.15) is 0 Å². The first kappa shape index (κ1) is 51.5. The summed E-state index contributed by atoms with van der Waals surface area (Å²) >= 11 is 0. The predicted octanol–water partition coefficient (Wildman–Crippen LogP) is 12.1. The maximum absolute atomic E-state index is 12.8. The minimum Gasteiger partial charge on any atom is -0.391 e. The fourth-order valence-electron chi connectivity index (χ4n) is 6.19. The highest BCUT2D eigenvalue weighted by Crippen LogP contribution is 2.43. The summed E-state index contributed by atoms with van der Waals surface area (Å²) in [5, 5.41) is 13.8. The van der Waals surface area contributed by atoms with Crippen LogP contribution in [0.15, 0.2) is 48.6 Å². The Balaban J connectivity index is 4.22. The van der Waals surface area contributed by atoms with Crippen molar-refractivity contribution in [1.82, 2.24) is 5.32 Å². The molecule has 0 aromatic rings. The normalized spacial score (nSPS) is 14.6. The third kappa shape index (κ3) is 38.5. The molecular weight excluding hydrogens is 683 g/mol. The number of carbonyl (C=O) groups is 1. The Kier molecular flexibility index (Phi) is 39.0. The maximum atomic E-state index is 12.8. The van der Waals surface area contributed by atoms with Crippen LogP contribution in [0.2, 0.25) is 0 Å². The van der Waals surface area contributed by atoms with Gasteiger partial charge in [-0.25, -0.2) is 4.57 Å². The van der Waals surface area contributed by atoms with E-state index < -0.39 is 20.0 Å². The molecule has 9 heteroatoms. The molecule has 0 aromatic heterocycles. The number of phosphoric ester groups is 1. The number of nitrogens with one attached hydrogen (secondary N) is 1. The van der Waals surface area contributed by atoms with E-state index in [1.54, 1.807) is 0 Å². The molecule has 0 aliphatic rings. The van der Waals surface area contributed by atoms with Crippen LogP contribution in [0.5, 0.6) is 0 Å². The first-order chi connectivity index (χ1) is 25.9. The van der Waals surface area contributed by atoms with E-state index in [1.807, 2.05) is 0 Å². The summed E-state index contributed by atoms with van der Waals surface area (Å²) in [6, 6.07) is -0.788. The average Bonchev–Trinajstić information content (AvgIpc) is 3.14. The Morgan fingerprint density at radius 3 is 1.60 bits per heavy atom. The second-order valence-corrected chi connectivity index (χ2v) is 16.0. The van der Waals surface area contributed by atoms with Crippen molar-refractivity contribution in [3.63, 3.8) is 0 Å². The molecule has 0 bridgehead atoms. The molecule has 3 atom stereocenters. The van der Waals surface area contributed by atoms with Gasteiger partial charge in [-0.3, -0.25) is 13.8 Å². The molecule has 0 aromatic carbocycles. The third-order valence-corrected chi connectivity index (χ3v) is 10.4. The largest absolute Gasteiger partial charge is 0.472 e. The second-order valence-electron chi connectivity index (χ2n) is 14.5. The number of amides is 1. The maximum Gasteiger partial charge on any atom is 0.472 e. The van der Waals surface area contributed by atoms with Crippen molar-refractivity contribution in [2.24, 2.45) is 5.73 Å². The standard InChI is InChI=1S/C44H83N2O6P/c1-3-5-7-9-11-13-15-17-19-21-23-25-27-29-31-33-35-37-43(47)42(41-52-53(49,50)51-40-39-45)46-44(48)38-36-34-32-30-28-26-24-22-20-18-16-14-12-10-8-6-4-2/h6,8,12,14,18,20,24,26,42-43,47H,3-5,7,9-11,13,15-17,19,21-23,25,27-41,45H2,1-2H3,(H,46,48)(H,49,50)/b8-6-,14-12-,20-18-,26-24-. The number of nitrogens with two attached hydrogens (primary N) is 1. The van der Waals surface area contributed by atoms with Gasteiger partial charge in [-0.15, -0.1) is 0 Å². The molecule has 0 saturated carbocycles. The lowest BCUT2D eigenvalue weighted by Crippen LogP contribution is -2.46. The van der Waals surface area contributed by atoms with Gasteiger partial charge in [0.25, 0.3) is 0 Å². The first-order valence-corrected chi connectivity index (χ1v) is 23.2. The molecule has 0 radical (unpaired) electrons. The summed E-state index contributed by atoms with van der Waals surface area (Å²) in [4.78, 5) is 22.7. The smallest absolute Gasteiger partial charge is 0.391 e. The minimum atomic E-state index is -4.32. The zero-order valence-corrected chi connectivity index (χ0v) is 35.1. The molecule has 310 valence electrons. The van der Waals surface area contributed by atoms with Crippen LogP contribution in [-0.2, 0) is 18.4 Å². The van der Waals surface area contributed by atoms with Gasteiger partial charge in [0.15, 0.2) is 0 Å². The zero-order valence-electron chi connectivity index (χ0n) is 34.2. The summed E-state index contributed by atoms with van der Waals surface area (Å²) in [5.74, 6) is -0.186.